The molecule has 1 aromatic rings. The van der Waals surface area contributed by atoms with Gasteiger partial charge in [0.2, 0.25) is 0 Å². The molecule has 0 heterocycles. The summed E-state index contributed by atoms with van der Waals surface area (Å²) in [5.74, 6) is -0.721. The molecule has 0 aliphatic rings. The van der Waals surface area contributed by atoms with Crippen LogP contribution >= 0.6 is 11.6 Å². The molecule has 0 fully saturated rings. The van der Waals surface area contributed by atoms with Crippen molar-refractivity contribution in [3.63, 3.8) is 0 Å². The van der Waals surface area contributed by atoms with E-state index in [1.165, 1.54) is 12.1 Å². The van der Waals surface area contributed by atoms with Gasteiger partial charge in [0.25, 0.3) is 5.69 Å². The summed E-state index contributed by atoms with van der Waals surface area (Å²) in [6, 6.07) is 4.32. The van der Waals surface area contributed by atoms with Crippen LogP contribution < -0.4 is 0 Å². The Morgan fingerprint density at radius 3 is 2.50 bits per heavy atom. The molecule has 0 spiro atoms. The van der Waals surface area contributed by atoms with Crippen molar-refractivity contribution in [2.75, 3.05) is 0 Å². The molecule has 0 aliphatic carbocycles. The van der Waals surface area contributed by atoms with Crippen LogP contribution in [-0.2, 0) is 10.6 Å². The number of carbonyl (C=O) groups is 1. The first kappa shape index (κ1) is 14.4. The Kier molecular flexibility index (Phi) is 4.29. The number of benzene rings is 1. The second-order valence-corrected chi connectivity index (χ2v) is 4.97. The van der Waals surface area contributed by atoms with Crippen molar-refractivity contribution in [2.45, 2.75) is 32.3 Å². The lowest BCUT2D eigenvalue weighted by Crippen LogP contribution is -2.25. The summed E-state index contributed by atoms with van der Waals surface area (Å²) in [7, 11) is 0. The van der Waals surface area contributed by atoms with E-state index in [2.05, 4.69) is 0 Å². The largest absolute Gasteiger partial charge is 0.456 e. The maximum atomic E-state index is 12.0. The summed E-state index contributed by atoms with van der Waals surface area (Å²) in [4.78, 5) is 22.3. The molecule has 5 nitrogen and oxygen atoms in total. The van der Waals surface area contributed by atoms with Crippen LogP contribution in [0.1, 0.15) is 36.7 Å². The summed E-state index contributed by atoms with van der Waals surface area (Å²) in [6.07, 6.45) is 0. The number of esters is 1. The van der Waals surface area contributed by atoms with E-state index in [4.69, 9.17) is 16.3 Å². The third kappa shape index (κ3) is 3.43. The molecule has 0 unspecified atom stereocenters. The van der Waals surface area contributed by atoms with E-state index < -0.39 is 16.5 Å². The van der Waals surface area contributed by atoms with E-state index >= 15 is 0 Å². The lowest BCUT2D eigenvalue weighted by atomic mass is 10.1. The maximum absolute atomic E-state index is 12.0. The fourth-order valence-electron chi connectivity index (χ4n) is 1.41. The normalized spacial score (nSPS) is 11.1. The van der Waals surface area contributed by atoms with Crippen molar-refractivity contribution in [2.24, 2.45) is 0 Å². The molecule has 0 N–H and O–H groups in total. The van der Waals surface area contributed by atoms with Crippen molar-refractivity contribution in [3.05, 3.63) is 39.4 Å². The second-order valence-electron chi connectivity index (χ2n) is 4.70. The molecule has 1 aromatic carbocycles. The van der Waals surface area contributed by atoms with Crippen molar-refractivity contribution >= 4 is 23.3 Å². The van der Waals surface area contributed by atoms with Crippen LogP contribution in [0.3, 0.4) is 0 Å². The van der Waals surface area contributed by atoms with E-state index in [1.54, 1.807) is 26.8 Å². The monoisotopic (exact) mass is 271 g/mol. The van der Waals surface area contributed by atoms with Crippen LogP contribution in [0.5, 0.6) is 0 Å². The number of hydrogen-bond acceptors (Lipinski definition) is 4. The molecule has 0 saturated carbocycles. The van der Waals surface area contributed by atoms with Gasteiger partial charge in [-0.15, -0.1) is 11.6 Å². The van der Waals surface area contributed by atoms with Gasteiger partial charge in [0.1, 0.15) is 11.2 Å². The summed E-state index contributed by atoms with van der Waals surface area (Å²) in [5, 5.41) is 10.9. The molecular weight excluding hydrogens is 258 g/mol. The topological polar surface area (TPSA) is 69.4 Å². The molecule has 0 atom stereocenters. The average molecular weight is 272 g/mol. The first-order chi connectivity index (χ1) is 8.26. The molecule has 6 heteroatoms. The number of alkyl halides is 1. The minimum atomic E-state index is -0.731. The number of ether oxygens (including phenoxy) is 1. The Bertz CT molecular complexity index is 479. The SMILES string of the molecule is CC(C)(C)OC(=O)c1c(CCl)cccc1[N+](=O)[O-]. The van der Waals surface area contributed by atoms with Crippen molar-refractivity contribution < 1.29 is 14.5 Å². The smallest absolute Gasteiger partial charge is 0.346 e. The molecular formula is C12H14ClNO4. The zero-order valence-corrected chi connectivity index (χ0v) is 11.2. The Morgan fingerprint density at radius 1 is 1.44 bits per heavy atom. The van der Waals surface area contributed by atoms with Crippen LogP contribution in [0.25, 0.3) is 0 Å². The van der Waals surface area contributed by atoms with Gasteiger partial charge in [-0.25, -0.2) is 4.79 Å². The van der Waals surface area contributed by atoms with Gasteiger partial charge < -0.3 is 4.74 Å². The number of hydrogen-bond donors (Lipinski definition) is 0. The van der Waals surface area contributed by atoms with Crippen LogP contribution in [0.2, 0.25) is 0 Å². The van der Waals surface area contributed by atoms with Crippen LogP contribution in [0, 0.1) is 10.1 Å². The Hall–Kier alpha value is -1.62. The van der Waals surface area contributed by atoms with E-state index in [-0.39, 0.29) is 17.1 Å². The highest BCUT2D eigenvalue weighted by Crippen LogP contribution is 2.26. The van der Waals surface area contributed by atoms with E-state index in [1.807, 2.05) is 0 Å². The van der Waals surface area contributed by atoms with Gasteiger partial charge in [0.15, 0.2) is 0 Å². The minimum absolute atomic E-state index is 0.0102. The van der Waals surface area contributed by atoms with Gasteiger partial charge in [-0.05, 0) is 26.3 Å². The van der Waals surface area contributed by atoms with Crippen molar-refractivity contribution in [3.8, 4) is 0 Å². The standard InChI is InChI=1S/C12H14ClNO4/c1-12(2,3)18-11(15)10-8(7-13)5-4-6-9(10)14(16)17/h4-6H,7H2,1-3H3. The van der Waals surface area contributed by atoms with Crippen molar-refractivity contribution in [1.29, 1.82) is 0 Å². The molecule has 0 bridgehead atoms. The fraction of sp³-hybridized carbons (Fsp3) is 0.417. The predicted molar refractivity (Wildman–Crippen MR) is 67.8 cm³/mol. The van der Waals surface area contributed by atoms with Crippen LogP contribution in [-0.4, -0.2) is 16.5 Å². The molecule has 0 radical (unpaired) electrons. The number of carbonyl (C=O) groups excluding carboxylic acids is 1. The Morgan fingerprint density at radius 2 is 2.06 bits per heavy atom. The van der Waals surface area contributed by atoms with Crippen LogP contribution in [0.15, 0.2) is 18.2 Å². The predicted octanol–water partition coefficient (Wildman–Crippen LogP) is 3.29. The van der Waals surface area contributed by atoms with Gasteiger partial charge in [0.05, 0.1) is 4.92 Å². The zero-order chi connectivity index (χ0) is 13.9. The minimum Gasteiger partial charge on any atom is -0.456 e. The molecule has 1 rings (SSSR count). The number of nitrogens with zero attached hydrogens (tertiary/aromatic N) is 1. The zero-order valence-electron chi connectivity index (χ0n) is 10.4. The molecule has 98 valence electrons. The van der Waals surface area contributed by atoms with Gasteiger partial charge in [-0.3, -0.25) is 10.1 Å². The van der Waals surface area contributed by atoms with E-state index in [9.17, 15) is 14.9 Å². The first-order valence-corrected chi connectivity index (χ1v) is 5.85. The average Bonchev–Trinajstić information content (AvgIpc) is 2.25. The number of nitro groups is 1. The lowest BCUT2D eigenvalue weighted by molar-refractivity contribution is -0.385. The van der Waals surface area contributed by atoms with Crippen LogP contribution in [0.4, 0.5) is 5.69 Å². The van der Waals surface area contributed by atoms with Gasteiger partial charge >= 0.3 is 5.97 Å². The highest BCUT2D eigenvalue weighted by atomic mass is 35.5. The third-order valence-corrected chi connectivity index (χ3v) is 2.36. The molecule has 18 heavy (non-hydrogen) atoms. The molecule has 0 saturated heterocycles. The van der Waals surface area contributed by atoms with Gasteiger partial charge in [0, 0.05) is 11.9 Å². The third-order valence-electron chi connectivity index (χ3n) is 2.07. The summed E-state index contributed by atoms with van der Waals surface area (Å²) in [5.41, 5.74) is -0.695. The second kappa shape index (κ2) is 5.35. The quantitative estimate of drug-likeness (QED) is 0.366. The Labute approximate surface area is 110 Å². The summed E-state index contributed by atoms with van der Waals surface area (Å²) in [6.45, 7) is 5.08. The maximum Gasteiger partial charge on any atom is 0.346 e. The number of halogens is 1. The molecule has 0 aliphatic heterocycles. The lowest BCUT2D eigenvalue weighted by Gasteiger charge is -2.20. The Balaban J connectivity index is 3.28. The number of rotatable bonds is 3. The molecule has 0 amide bonds. The fourth-order valence-corrected chi connectivity index (χ4v) is 1.64. The van der Waals surface area contributed by atoms with E-state index in [0.717, 1.165) is 0 Å². The first-order valence-electron chi connectivity index (χ1n) is 5.32. The highest BCUT2D eigenvalue weighted by Gasteiger charge is 2.27. The number of nitro benzene ring substituents is 1. The van der Waals surface area contributed by atoms with E-state index in [0.29, 0.717) is 5.56 Å². The summed E-state index contributed by atoms with van der Waals surface area (Å²) >= 11 is 5.69. The van der Waals surface area contributed by atoms with Gasteiger partial charge in [-0.2, -0.15) is 0 Å². The highest BCUT2D eigenvalue weighted by molar-refractivity contribution is 6.17. The van der Waals surface area contributed by atoms with Gasteiger partial charge in [-0.1, -0.05) is 12.1 Å². The molecule has 0 aromatic heterocycles. The van der Waals surface area contributed by atoms with Crippen molar-refractivity contribution in [1.82, 2.24) is 0 Å². The summed E-state index contributed by atoms with van der Waals surface area (Å²) < 4.78 is 5.16.